The van der Waals surface area contributed by atoms with Crippen LogP contribution in [-0.2, 0) is 19.2 Å². The van der Waals surface area contributed by atoms with E-state index in [0.29, 0.717) is 6.29 Å². The molecule has 0 aliphatic heterocycles. The van der Waals surface area contributed by atoms with Gasteiger partial charge in [-0.15, -0.1) is 0 Å². The maximum Gasteiger partial charge on any atom is 0.245 e. The monoisotopic (exact) mass is 376 g/mol. The molecule has 0 aliphatic rings. The highest BCUT2D eigenvalue weighted by atomic mass is 16.3. The van der Waals surface area contributed by atoms with Gasteiger partial charge in [0.05, 0.1) is 19.3 Å². The fourth-order valence-electron chi connectivity index (χ4n) is 1.87. The van der Waals surface area contributed by atoms with Gasteiger partial charge in [0.15, 0.2) is 0 Å². The number of aliphatic hydroxyl groups is 3. The van der Waals surface area contributed by atoms with Crippen LogP contribution >= 0.6 is 0 Å². The van der Waals surface area contributed by atoms with E-state index in [9.17, 15) is 29.4 Å². The molecule has 8 N–H and O–H groups in total. The average Bonchev–Trinajstić information content (AvgIpc) is 2.59. The Hall–Kier alpha value is -2.08. The third-order valence-electron chi connectivity index (χ3n) is 3.57. The lowest BCUT2D eigenvalue weighted by Gasteiger charge is -2.26. The zero-order valence-electron chi connectivity index (χ0n) is 15.0. The molecule has 0 aliphatic carbocycles. The number of nitrogens with one attached hydrogen (secondary N) is 3. The fourth-order valence-corrected chi connectivity index (χ4v) is 1.87. The van der Waals surface area contributed by atoms with Crippen LogP contribution in [0.2, 0.25) is 0 Å². The quantitative estimate of drug-likeness (QED) is 0.177. The highest BCUT2D eigenvalue weighted by Gasteiger charge is 2.30. The van der Waals surface area contributed by atoms with E-state index in [-0.39, 0.29) is 0 Å². The summed E-state index contributed by atoms with van der Waals surface area (Å²) in [6.07, 6.45) is -0.751. The van der Waals surface area contributed by atoms with E-state index in [0.717, 1.165) is 0 Å². The Bertz CT molecular complexity index is 498. The molecule has 0 bridgehead atoms. The van der Waals surface area contributed by atoms with Crippen LogP contribution in [0.15, 0.2) is 0 Å². The van der Waals surface area contributed by atoms with Crippen molar-refractivity contribution in [1.82, 2.24) is 16.0 Å². The van der Waals surface area contributed by atoms with Crippen molar-refractivity contribution in [3.63, 3.8) is 0 Å². The molecule has 0 fully saturated rings. The molecule has 0 aromatic rings. The predicted molar refractivity (Wildman–Crippen MR) is 90.5 cm³/mol. The van der Waals surface area contributed by atoms with E-state index in [1.54, 1.807) is 13.8 Å². The Morgan fingerprint density at radius 1 is 0.962 bits per heavy atom. The SMILES string of the molecule is CC(C)[C@H](NC(=O)[C@H](CO)NC(=O)[C@@H](N)CO)C(=O)N[C@H](C=O)[C@@H](C)O. The summed E-state index contributed by atoms with van der Waals surface area (Å²) in [6, 6.07) is -4.87. The second-order valence-corrected chi connectivity index (χ2v) is 6.17. The van der Waals surface area contributed by atoms with Gasteiger partial charge in [-0.1, -0.05) is 13.8 Å². The van der Waals surface area contributed by atoms with Crippen molar-refractivity contribution in [2.45, 2.75) is 51.0 Å². The minimum atomic E-state index is -1.38. The Morgan fingerprint density at radius 3 is 1.92 bits per heavy atom. The first-order valence-electron chi connectivity index (χ1n) is 8.10. The molecule has 26 heavy (non-hydrogen) atoms. The molecule has 0 aromatic carbocycles. The number of hydrogen-bond acceptors (Lipinski definition) is 8. The summed E-state index contributed by atoms with van der Waals surface area (Å²) in [6.45, 7) is 3.19. The molecule has 0 saturated carbocycles. The summed E-state index contributed by atoms with van der Waals surface area (Å²) in [5.41, 5.74) is 5.32. The number of amides is 3. The largest absolute Gasteiger partial charge is 0.394 e. The van der Waals surface area contributed by atoms with Crippen LogP contribution < -0.4 is 21.7 Å². The minimum Gasteiger partial charge on any atom is -0.394 e. The van der Waals surface area contributed by atoms with Gasteiger partial charge in [-0.05, 0) is 12.8 Å². The molecule has 0 unspecified atom stereocenters. The van der Waals surface area contributed by atoms with Gasteiger partial charge < -0.3 is 41.8 Å². The zero-order valence-corrected chi connectivity index (χ0v) is 15.0. The Morgan fingerprint density at radius 2 is 1.54 bits per heavy atom. The maximum atomic E-state index is 12.3. The summed E-state index contributed by atoms with van der Waals surface area (Å²) in [5, 5.41) is 34.4. The van der Waals surface area contributed by atoms with E-state index in [1.807, 2.05) is 0 Å². The predicted octanol–water partition coefficient (Wildman–Crippen LogP) is -4.01. The van der Waals surface area contributed by atoms with E-state index in [1.165, 1.54) is 6.92 Å². The van der Waals surface area contributed by atoms with E-state index >= 15 is 0 Å². The molecule has 5 atom stereocenters. The van der Waals surface area contributed by atoms with Crippen LogP contribution in [0.25, 0.3) is 0 Å². The van der Waals surface area contributed by atoms with Crippen LogP contribution in [0.3, 0.4) is 0 Å². The van der Waals surface area contributed by atoms with Gasteiger partial charge in [0, 0.05) is 0 Å². The number of carbonyl (C=O) groups is 4. The number of aliphatic hydroxyl groups excluding tert-OH is 3. The Balaban J connectivity index is 5.06. The van der Waals surface area contributed by atoms with Gasteiger partial charge in [-0.3, -0.25) is 14.4 Å². The molecule has 150 valence electrons. The van der Waals surface area contributed by atoms with Crippen LogP contribution in [0, 0.1) is 5.92 Å². The first kappa shape index (κ1) is 23.9. The van der Waals surface area contributed by atoms with Gasteiger partial charge in [-0.25, -0.2) is 0 Å². The van der Waals surface area contributed by atoms with E-state index < -0.39 is 67.1 Å². The molecule has 11 nitrogen and oxygen atoms in total. The zero-order chi connectivity index (χ0) is 20.4. The smallest absolute Gasteiger partial charge is 0.245 e. The standard InChI is InChI=1S/C15H28N4O7/c1-7(2)12(15(26)17-10(5-21)8(3)23)19-14(25)11(6-22)18-13(24)9(16)4-20/h5,7-12,20,22-23H,4,6,16H2,1-3H3,(H,17,26)(H,18,24)(H,19,25)/t8-,9+,10-,11+,12+/m1/s1. The van der Waals surface area contributed by atoms with Crippen LogP contribution in [-0.4, -0.2) is 82.8 Å². The molecule has 0 saturated heterocycles. The van der Waals surface area contributed by atoms with Crippen molar-refractivity contribution in [2.24, 2.45) is 11.7 Å². The van der Waals surface area contributed by atoms with Crippen molar-refractivity contribution >= 4 is 24.0 Å². The van der Waals surface area contributed by atoms with Gasteiger partial charge in [-0.2, -0.15) is 0 Å². The summed E-state index contributed by atoms with van der Waals surface area (Å²) in [4.78, 5) is 47.0. The van der Waals surface area contributed by atoms with E-state index in [4.69, 9.17) is 10.8 Å². The molecule has 3 amide bonds. The van der Waals surface area contributed by atoms with Gasteiger partial charge >= 0.3 is 0 Å². The van der Waals surface area contributed by atoms with Gasteiger partial charge in [0.1, 0.15) is 30.5 Å². The first-order valence-corrected chi connectivity index (χ1v) is 8.10. The molecule has 11 heteroatoms. The second kappa shape index (κ2) is 11.5. The molecule has 0 spiro atoms. The molecule has 0 aromatic heterocycles. The third-order valence-corrected chi connectivity index (χ3v) is 3.57. The van der Waals surface area contributed by atoms with Gasteiger partial charge in [0.2, 0.25) is 17.7 Å². The lowest BCUT2D eigenvalue weighted by molar-refractivity contribution is -0.135. The molecule has 0 rings (SSSR count). The molecule has 0 heterocycles. The lowest BCUT2D eigenvalue weighted by Crippen LogP contribution is -2.59. The van der Waals surface area contributed by atoms with Crippen molar-refractivity contribution in [2.75, 3.05) is 13.2 Å². The second-order valence-electron chi connectivity index (χ2n) is 6.17. The molecular weight excluding hydrogens is 348 g/mol. The average molecular weight is 376 g/mol. The van der Waals surface area contributed by atoms with Crippen molar-refractivity contribution < 1.29 is 34.5 Å². The number of carbonyl (C=O) groups excluding carboxylic acids is 4. The third kappa shape index (κ3) is 7.44. The first-order chi connectivity index (χ1) is 12.1. The summed E-state index contributed by atoms with van der Waals surface area (Å²) in [7, 11) is 0. The topological polar surface area (TPSA) is 191 Å². The van der Waals surface area contributed by atoms with Crippen molar-refractivity contribution in [3.05, 3.63) is 0 Å². The summed E-state index contributed by atoms with van der Waals surface area (Å²) < 4.78 is 0. The highest BCUT2D eigenvalue weighted by molar-refractivity contribution is 5.93. The number of rotatable bonds is 11. The normalized spacial score (nSPS) is 16.8. The van der Waals surface area contributed by atoms with E-state index in [2.05, 4.69) is 16.0 Å². The molecular formula is C15H28N4O7. The minimum absolute atomic E-state index is 0.370. The van der Waals surface area contributed by atoms with Crippen LogP contribution in [0.5, 0.6) is 0 Å². The number of aldehydes is 1. The number of nitrogens with two attached hydrogens (primary N) is 1. The number of hydrogen-bond donors (Lipinski definition) is 7. The maximum absolute atomic E-state index is 12.3. The highest BCUT2D eigenvalue weighted by Crippen LogP contribution is 2.04. The fraction of sp³-hybridized carbons (Fsp3) is 0.733. The lowest BCUT2D eigenvalue weighted by atomic mass is 10.0. The Kier molecular flexibility index (Phi) is 10.6. The van der Waals surface area contributed by atoms with Crippen molar-refractivity contribution in [3.8, 4) is 0 Å². The summed E-state index contributed by atoms with van der Waals surface area (Å²) in [5.74, 6) is -2.79. The van der Waals surface area contributed by atoms with Crippen LogP contribution in [0.1, 0.15) is 20.8 Å². The van der Waals surface area contributed by atoms with Crippen LogP contribution in [0.4, 0.5) is 0 Å². The molecule has 0 radical (unpaired) electrons. The van der Waals surface area contributed by atoms with Crippen molar-refractivity contribution in [1.29, 1.82) is 0 Å². The van der Waals surface area contributed by atoms with Gasteiger partial charge in [0.25, 0.3) is 0 Å². The summed E-state index contributed by atoms with van der Waals surface area (Å²) >= 11 is 0. The Labute approximate surface area is 151 Å².